The molecule has 1 N–H and O–H groups in total. The minimum Gasteiger partial charge on any atom is -0.484 e. The van der Waals surface area contributed by atoms with Crippen LogP contribution in [0.25, 0.3) is 11.3 Å². The van der Waals surface area contributed by atoms with Gasteiger partial charge in [0, 0.05) is 24.3 Å². The molecule has 1 fully saturated rings. The molecule has 6 nitrogen and oxygen atoms in total. The normalized spacial score (nSPS) is 13.7. The fourth-order valence-corrected chi connectivity index (χ4v) is 3.40. The Morgan fingerprint density at radius 3 is 2.53 bits per heavy atom. The molecular weight excluding hydrogens is 383 g/mol. The molecule has 30 heavy (non-hydrogen) atoms. The second-order valence-corrected chi connectivity index (χ2v) is 7.20. The quantitative estimate of drug-likeness (QED) is 0.661. The third-order valence-electron chi connectivity index (χ3n) is 4.96. The Morgan fingerprint density at radius 2 is 1.80 bits per heavy atom. The predicted molar refractivity (Wildman–Crippen MR) is 114 cm³/mol. The van der Waals surface area contributed by atoms with Gasteiger partial charge in [-0.1, -0.05) is 12.1 Å². The lowest BCUT2D eigenvalue weighted by Crippen LogP contribution is -2.30. The third kappa shape index (κ3) is 5.11. The molecule has 1 amide bonds. The summed E-state index contributed by atoms with van der Waals surface area (Å²) in [4.78, 5) is 14.4. The average molecular weight is 406 g/mol. The van der Waals surface area contributed by atoms with Crippen LogP contribution in [0, 0.1) is 5.82 Å². The van der Waals surface area contributed by atoms with Crippen molar-refractivity contribution in [3.63, 3.8) is 0 Å². The summed E-state index contributed by atoms with van der Waals surface area (Å²) in [5.74, 6) is 0.684. The lowest BCUT2D eigenvalue weighted by Gasteiger charge is -2.27. The summed E-state index contributed by atoms with van der Waals surface area (Å²) in [5.41, 5.74) is 2.25. The van der Waals surface area contributed by atoms with Gasteiger partial charge in [-0.2, -0.15) is 0 Å². The lowest BCUT2D eigenvalue weighted by atomic mass is 10.1. The Hall–Kier alpha value is -3.48. The summed E-state index contributed by atoms with van der Waals surface area (Å²) in [7, 11) is 0. The number of hydrogen-bond acceptors (Lipinski definition) is 5. The first-order chi connectivity index (χ1) is 14.7. The summed E-state index contributed by atoms with van der Waals surface area (Å²) in [6.45, 7) is 1.88. The number of nitrogens with zero attached hydrogens (tertiary/aromatic N) is 3. The molecule has 4 rings (SSSR count). The van der Waals surface area contributed by atoms with E-state index in [9.17, 15) is 9.18 Å². The number of benzene rings is 2. The number of ether oxygens (including phenoxy) is 1. The summed E-state index contributed by atoms with van der Waals surface area (Å²) in [5, 5.41) is 11.6. The van der Waals surface area contributed by atoms with Crippen molar-refractivity contribution in [2.75, 3.05) is 29.9 Å². The number of hydrogen-bond donors (Lipinski definition) is 1. The van der Waals surface area contributed by atoms with Crippen LogP contribution in [0.4, 0.5) is 15.9 Å². The zero-order chi connectivity index (χ0) is 20.8. The van der Waals surface area contributed by atoms with Gasteiger partial charge in [0.2, 0.25) is 0 Å². The van der Waals surface area contributed by atoms with E-state index >= 15 is 0 Å². The van der Waals surface area contributed by atoms with Crippen molar-refractivity contribution < 1.29 is 13.9 Å². The zero-order valence-corrected chi connectivity index (χ0v) is 16.6. The van der Waals surface area contributed by atoms with Crippen LogP contribution in [0.2, 0.25) is 0 Å². The van der Waals surface area contributed by atoms with Crippen molar-refractivity contribution in [3.8, 4) is 17.0 Å². The first-order valence-corrected chi connectivity index (χ1v) is 10.0. The van der Waals surface area contributed by atoms with Gasteiger partial charge in [0.1, 0.15) is 11.6 Å². The third-order valence-corrected chi connectivity index (χ3v) is 4.96. The van der Waals surface area contributed by atoms with E-state index in [0.29, 0.717) is 11.4 Å². The van der Waals surface area contributed by atoms with E-state index < -0.39 is 0 Å². The molecule has 1 aliphatic heterocycles. The molecule has 0 bridgehead atoms. The molecule has 7 heteroatoms. The number of carbonyl (C=O) groups excluding carboxylic acids is 1. The van der Waals surface area contributed by atoms with Crippen molar-refractivity contribution in [1.82, 2.24) is 10.2 Å². The summed E-state index contributed by atoms with van der Waals surface area (Å²) in [6, 6.07) is 16.9. The topological polar surface area (TPSA) is 67.3 Å². The van der Waals surface area contributed by atoms with Crippen molar-refractivity contribution in [3.05, 3.63) is 66.5 Å². The van der Waals surface area contributed by atoms with Crippen LogP contribution in [0.1, 0.15) is 19.3 Å². The zero-order valence-electron chi connectivity index (χ0n) is 16.6. The number of nitrogens with one attached hydrogen (secondary N) is 1. The first-order valence-electron chi connectivity index (χ1n) is 10.0. The standard InChI is InChI=1S/C23H23FN4O2/c24-18-7-9-20(10-8-18)30-16-23(29)25-19-6-4-5-17(15-19)21-11-12-22(27-26-21)28-13-2-1-3-14-28/h4-12,15H,1-3,13-14,16H2,(H,25,29). The molecule has 0 saturated carbocycles. The number of carbonyl (C=O) groups is 1. The first kappa shape index (κ1) is 19.8. The van der Waals surface area contributed by atoms with Crippen LogP contribution in [0.5, 0.6) is 5.75 Å². The van der Waals surface area contributed by atoms with Crippen molar-refractivity contribution >= 4 is 17.4 Å². The van der Waals surface area contributed by atoms with E-state index in [0.717, 1.165) is 30.2 Å². The molecule has 154 valence electrons. The van der Waals surface area contributed by atoms with Crippen LogP contribution >= 0.6 is 0 Å². The van der Waals surface area contributed by atoms with Gasteiger partial charge in [-0.3, -0.25) is 4.79 Å². The molecule has 1 aliphatic rings. The molecule has 0 radical (unpaired) electrons. The highest BCUT2D eigenvalue weighted by Crippen LogP contribution is 2.23. The molecule has 0 unspecified atom stereocenters. The van der Waals surface area contributed by atoms with Gasteiger partial charge in [-0.15, -0.1) is 10.2 Å². The SMILES string of the molecule is O=C(COc1ccc(F)cc1)Nc1cccc(-c2ccc(N3CCCCC3)nn2)c1. The number of amides is 1. The molecule has 0 atom stereocenters. The van der Waals surface area contributed by atoms with Gasteiger partial charge in [-0.05, 0) is 67.8 Å². The van der Waals surface area contributed by atoms with Crippen molar-refractivity contribution in [1.29, 1.82) is 0 Å². The lowest BCUT2D eigenvalue weighted by molar-refractivity contribution is -0.118. The maximum Gasteiger partial charge on any atom is 0.262 e. The molecule has 2 aromatic carbocycles. The van der Waals surface area contributed by atoms with Gasteiger partial charge < -0.3 is 15.0 Å². The Labute approximate surface area is 174 Å². The van der Waals surface area contributed by atoms with Gasteiger partial charge in [-0.25, -0.2) is 4.39 Å². The highest BCUT2D eigenvalue weighted by molar-refractivity contribution is 5.92. The number of rotatable bonds is 6. The molecule has 1 aromatic heterocycles. The Balaban J connectivity index is 1.37. The van der Waals surface area contributed by atoms with Gasteiger partial charge >= 0.3 is 0 Å². The monoisotopic (exact) mass is 406 g/mol. The van der Waals surface area contributed by atoms with Crippen LogP contribution < -0.4 is 15.0 Å². The van der Waals surface area contributed by atoms with E-state index in [4.69, 9.17) is 4.74 Å². The summed E-state index contributed by atoms with van der Waals surface area (Å²) in [6.07, 6.45) is 3.65. The molecule has 0 aliphatic carbocycles. The van der Waals surface area contributed by atoms with Gasteiger partial charge in [0.15, 0.2) is 12.4 Å². The van der Waals surface area contributed by atoms with Crippen LogP contribution in [0.15, 0.2) is 60.7 Å². The summed E-state index contributed by atoms with van der Waals surface area (Å²) >= 11 is 0. The predicted octanol–water partition coefficient (Wildman–Crippen LogP) is 4.29. The van der Waals surface area contributed by atoms with Crippen molar-refractivity contribution in [2.24, 2.45) is 0 Å². The minimum absolute atomic E-state index is 0.166. The fraction of sp³-hybridized carbons (Fsp3) is 0.261. The van der Waals surface area contributed by atoms with E-state index in [1.54, 1.807) is 6.07 Å². The van der Waals surface area contributed by atoms with E-state index in [1.807, 2.05) is 30.3 Å². The van der Waals surface area contributed by atoms with E-state index in [1.165, 1.54) is 43.5 Å². The largest absolute Gasteiger partial charge is 0.484 e. The highest BCUT2D eigenvalue weighted by Gasteiger charge is 2.13. The van der Waals surface area contributed by atoms with Gasteiger partial charge in [0.05, 0.1) is 5.69 Å². The average Bonchev–Trinajstić information content (AvgIpc) is 2.80. The fourth-order valence-electron chi connectivity index (χ4n) is 3.40. The Morgan fingerprint density at radius 1 is 1.00 bits per heavy atom. The molecular formula is C23H23FN4O2. The van der Waals surface area contributed by atoms with Gasteiger partial charge in [0.25, 0.3) is 5.91 Å². The Kier molecular flexibility index (Phi) is 6.17. The number of piperidine rings is 1. The number of halogens is 1. The molecule has 2 heterocycles. The molecule has 0 spiro atoms. The Bertz CT molecular complexity index is 987. The summed E-state index contributed by atoms with van der Waals surface area (Å²) < 4.78 is 18.3. The molecule has 1 saturated heterocycles. The van der Waals surface area contributed by atoms with Crippen LogP contribution in [-0.4, -0.2) is 35.8 Å². The van der Waals surface area contributed by atoms with Crippen molar-refractivity contribution in [2.45, 2.75) is 19.3 Å². The smallest absolute Gasteiger partial charge is 0.262 e. The number of anilines is 2. The van der Waals surface area contributed by atoms with E-state index in [2.05, 4.69) is 20.4 Å². The van der Waals surface area contributed by atoms with E-state index in [-0.39, 0.29) is 18.3 Å². The highest BCUT2D eigenvalue weighted by atomic mass is 19.1. The van der Waals surface area contributed by atoms with Crippen LogP contribution in [-0.2, 0) is 4.79 Å². The number of aromatic nitrogens is 2. The minimum atomic E-state index is -0.351. The maximum absolute atomic E-state index is 12.9. The van der Waals surface area contributed by atoms with Crippen LogP contribution in [0.3, 0.4) is 0 Å². The second kappa shape index (κ2) is 9.35. The maximum atomic E-state index is 12.9. The second-order valence-electron chi connectivity index (χ2n) is 7.20. The molecule has 3 aromatic rings.